The molecule has 22 heavy (non-hydrogen) atoms. The second-order valence-electron chi connectivity index (χ2n) is 5.80. The van der Waals surface area contributed by atoms with Gasteiger partial charge in [-0.3, -0.25) is 9.80 Å². The van der Waals surface area contributed by atoms with E-state index in [1.807, 2.05) is 6.08 Å². The first-order valence-corrected chi connectivity index (χ1v) is 8.14. The van der Waals surface area contributed by atoms with E-state index in [4.69, 9.17) is 11.6 Å². The third-order valence-electron chi connectivity index (χ3n) is 4.08. The van der Waals surface area contributed by atoms with Gasteiger partial charge in [-0.05, 0) is 25.0 Å². The van der Waals surface area contributed by atoms with Crippen LogP contribution in [0.3, 0.4) is 0 Å². The van der Waals surface area contributed by atoms with Crippen LogP contribution in [-0.2, 0) is 6.54 Å². The fraction of sp³-hybridized carbons (Fsp3) is 0.529. The topological polar surface area (TPSA) is 26.7 Å². The Hall–Kier alpha value is -0.940. The van der Waals surface area contributed by atoms with Crippen LogP contribution in [0.2, 0.25) is 5.02 Å². The van der Waals surface area contributed by atoms with Gasteiger partial charge >= 0.3 is 0 Å². The predicted octanol–water partition coefficient (Wildman–Crippen LogP) is 2.92. The Balaban J connectivity index is 1.79. The Morgan fingerprint density at radius 2 is 1.95 bits per heavy atom. The van der Waals surface area contributed by atoms with Crippen molar-refractivity contribution in [3.05, 3.63) is 47.3 Å². The molecule has 0 saturated carbocycles. The maximum absolute atomic E-state index is 13.8. The lowest BCUT2D eigenvalue weighted by atomic mass is 10.1. The Bertz CT molecular complexity index is 469. The van der Waals surface area contributed by atoms with Crippen molar-refractivity contribution in [1.82, 2.24) is 9.80 Å². The van der Waals surface area contributed by atoms with Gasteiger partial charge in [-0.2, -0.15) is 0 Å². The van der Waals surface area contributed by atoms with Gasteiger partial charge in [0.05, 0.1) is 6.10 Å². The van der Waals surface area contributed by atoms with Crippen LogP contribution in [0.4, 0.5) is 4.39 Å². The van der Waals surface area contributed by atoms with Crippen LogP contribution >= 0.6 is 11.6 Å². The van der Waals surface area contributed by atoms with Crippen LogP contribution in [-0.4, -0.2) is 53.7 Å². The van der Waals surface area contributed by atoms with Gasteiger partial charge < -0.3 is 5.11 Å². The molecule has 1 saturated heterocycles. The Kier molecular flexibility index (Phi) is 6.83. The molecule has 1 aromatic rings. The van der Waals surface area contributed by atoms with Gasteiger partial charge in [0, 0.05) is 49.9 Å². The van der Waals surface area contributed by atoms with Crippen molar-refractivity contribution >= 4 is 11.6 Å². The number of nitrogens with zero attached hydrogens (tertiary/aromatic N) is 2. The molecule has 1 aliphatic rings. The van der Waals surface area contributed by atoms with E-state index in [0.717, 1.165) is 39.0 Å². The van der Waals surface area contributed by atoms with E-state index >= 15 is 0 Å². The lowest BCUT2D eigenvalue weighted by molar-refractivity contribution is 0.0666. The first kappa shape index (κ1) is 17.4. The normalized spacial score (nSPS) is 18.3. The van der Waals surface area contributed by atoms with Crippen molar-refractivity contribution in [3.8, 4) is 0 Å². The molecule has 1 heterocycles. The molecule has 2 rings (SSSR count). The number of aliphatic hydroxyl groups is 1. The molecule has 0 bridgehead atoms. The number of halogens is 2. The molecule has 1 atom stereocenters. The van der Waals surface area contributed by atoms with Gasteiger partial charge in [-0.15, -0.1) is 6.58 Å². The van der Waals surface area contributed by atoms with Crippen molar-refractivity contribution in [1.29, 1.82) is 0 Å². The maximum Gasteiger partial charge on any atom is 0.129 e. The predicted molar refractivity (Wildman–Crippen MR) is 88.6 cm³/mol. The van der Waals surface area contributed by atoms with E-state index in [0.29, 0.717) is 23.7 Å². The minimum Gasteiger partial charge on any atom is -0.392 e. The largest absolute Gasteiger partial charge is 0.392 e. The zero-order valence-corrected chi connectivity index (χ0v) is 13.6. The molecule has 1 unspecified atom stereocenters. The number of aliphatic hydroxyl groups excluding tert-OH is 1. The highest BCUT2D eigenvalue weighted by atomic mass is 35.5. The van der Waals surface area contributed by atoms with E-state index < -0.39 is 0 Å². The van der Waals surface area contributed by atoms with Gasteiger partial charge in [0.1, 0.15) is 5.82 Å². The van der Waals surface area contributed by atoms with Crippen molar-refractivity contribution in [2.75, 3.05) is 32.7 Å². The van der Waals surface area contributed by atoms with Crippen LogP contribution in [0, 0.1) is 5.82 Å². The van der Waals surface area contributed by atoms with Crippen LogP contribution in [0.1, 0.15) is 18.4 Å². The van der Waals surface area contributed by atoms with Crippen LogP contribution in [0.15, 0.2) is 30.9 Å². The highest BCUT2D eigenvalue weighted by Gasteiger charge is 2.20. The van der Waals surface area contributed by atoms with E-state index in [1.54, 1.807) is 12.1 Å². The molecule has 0 spiro atoms. The molecule has 0 radical (unpaired) electrons. The average molecular weight is 327 g/mol. The highest BCUT2D eigenvalue weighted by Crippen LogP contribution is 2.21. The fourth-order valence-corrected chi connectivity index (χ4v) is 2.96. The lowest BCUT2D eigenvalue weighted by Crippen LogP contribution is -2.48. The standard InChI is InChI=1S/C17H24ClFN2O/c1-2-3-5-14(22)12-20-8-10-21(11-9-20)13-15-16(18)6-4-7-17(15)19/h2,4,6-7,14,22H,1,3,5,8-13H2. The first-order valence-electron chi connectivity index (χ1n) is 7.76. The zero-order chi connectivity index (χ0) is 15.9. The van der Waals surface area contributed by atoms with Gasteiger partial charge in [0.2, 0.25) is 0 Å². The maximum atomic E-state index is 13.8. The number of β-amino-alcohol motifs (C(OH)–C–C–N with tert-alkyl or cyclic N) is 1. The summed E-state index contributed by atoms with van der Waals surface area (Å²) >= 11 is 6.08. The van der Waals surface area contributed by atoms with E-state index in [-0.39, 0.29) is 11.9 Å². The summed E-state index contributed by atoms with van der Waals surface area (Å²) in [4.78, 5) is 4.46. The molecule has 1 fully saturated rings. The average Bonchev–Trinajstić information content (AvgIpc) is 2.51. The molecule has 0 aromatic heterocycles. The van der Waals surface area contributed by atoms with Crippen molar-refractivity contribution in [2.45, 2.75) is 25.5 Å². The van der Waals surface area contributed by atoms with Gasteiger partial charge in [0.15, 0.2) is 0 Å². The van der Waals surface area contributed by atoms with Crippen LogP contribution in [0.25, 0.3) is 0 Å². The van der Waals surface area contributed by atoms with Crippen molar-refractivity contribution in [3.63, 3.8) is 0 Å². The van der Waals surface area contributed by atoms with Crippen LogP contribution in [0.5, 0.6) is 0 Å². The number of piperazine rings is 1. The molecule has 0 amide bonds. The monoisotopic (exact) mass is 326 g/mol. The van der Waals surface area contributed by atoms with E-state index in [2.05, 4.69) is 16.4 Å². The summed E-state index contributed by atoms with van der Waals surface area (Å²) in [6.45, 7) is 8.40. The van der Waals surface area contributed by atoms with E-state index in [1.165, 1.54) is 6.07 Å². The number of benzene rings is 1. The SMILES string of the molecule is C=CCCC(O)CN1CCN(Cc2c(F)cccc2Cl)CC1. The minimum absolute atomic E-state index is 0.241. The molecule has 3 nitrogen and oxygen atoms in total. The molecule has 1 aliphatic heterocycles. The molecule has 0 aliphatic carbocycles. The first-order chi connectivity index (χ1) is 10.6. The van der Waals surface area contributed by atoms with Crippen LogP contribution < -0.4 is 0 Å². The number of hydrogen-bond donors (Lipinski definition) is 1. The third kappa shape index (κ3) is 5.06. The summed E-state index contributed by atoms with van der Waals surface area (Å²) in [5, 5.41) is 10.4. The molecular weight excluding hydrogens is 303 g/mol. The molecule has 1 N–H and O–H groups in total. The second kappa shape index (κ2) is 8.63. The van der Waals surface area contributed by atoms with E-state index in [9.17, 15) is 9.50 Å². The summed E-state index contributed by atoms with van der Waals surface area (Å²) in [5.74, 6) is -0.241. The molecule has 5 heteroatoms. The highest BCUT2D eigenvalue weighted by molar-refractivity contribution is 6.31. The van der Waals surface area contributed by atoms with Gasteiger partial charge in [-0.1, -0.05) is 23.7 Å². The summed E-state index contributed by atoms with van der Waals surface area (Å²) in [6, 6.07) is 4.81. The van der Waals surface area contributed by atoms with Gasteiger partial charge in [0.25, 0.3) is 0 Å². The Morgan fingerprint density at radius 1 is 1.27 bits per heavy atom. The number of hydrogen-bond acceptors (Lipinski definition) is 3. The Labute approximate surface area is 137 Å². The summed E-state index contributed by atoms with van der Waals surface area (Å²) in [7, 11) is 0. The minimum atomic E-state index is -0.300. The second-order valence-corrected chi connectivity index (χ2v) is 6.20. The number of rotatable bonds is 7. The molecule has 122 valence electrons. The number of allylic oxidation sites excluding steroid dienone is 1. The quantitative estimate of drug-likeness (QED) is 0.780. The smallest absolute Gasteiger partial charge is 0.129 e. The third-order valence-corrected chi connectivity index (χ3v) is 4.44. The summed E-state index contributed by atoms with van der Waals surface area (Å²) < 4.78 is 13.8. The summed E-state index contributed by atoms with van der Waals surface area (Å²) in [5.41, 5.74) is 0.573. The zero-order valence-electron chi connectivity index (χ0n) is 12.8. The van der Waals surface area contributed by atoms with Crippen molar-refractivity contribution < 1.29 is 9.50 Å². The lowest BCUT2D eigenvalue weighted by Gasteiger charge is -2.35. The Morgan fingerprint density at radius 3 is 2.59 bits per heavy atom. The molecular formula is C17H24ClFN2O. The summed E-state index contributed by atoms with van der Waals surface area (Å²) in [6.07, 6.45) is 3.13. The molecule has 1 aromatic carbocycles. The van der Waals surface area contributed by atoms with Crippen molar-refractivity contribution in [2.24, 2.45) is 0 Å². The van der Waals surface area contributed by atoms with Gasteiger partial charge in [-0.25, -0.2) is 4.39 Å². The fourth-order valence-electron chi connectivity index (χ4n) is 2.74.